The van der Waals surface area contributed by atoms with E-state index < -0.39 is 11.0 Å². The highest BCUT2D eigenvalue weighted by molar-refractivity contribution is 6.00. The summed E-state index contributed by atoms with van der Waals surface area (Å²) in [6.07, 6.45) is 7.23. The van der Waals surface area contributed by atoms with Crippen LogP contribution in [-0.4, -0.2) is 63.1 Å². The lowest BCUT2D eigenvalue weighted by molar-refractivity contribution is -0.154. The largest absolute Gasteiger partial charge is 0.387 e. The normalized spacial score (nSPS) is 21.3. The molecule has 7 nitrogen and oxygen atoms in total. The van der Waals surface area contributed by atoms with Crippen molar-refractivity contribution in [3.8, 4) is 11.1 Å². The van der Waals surface area contributed by atoms with Crippen LogP contribution in [0, 0.1) is 11.3 Å². The molecule has 1 aromatic carbocycles. The molecule has 0 bridgehead atoms. The molecular weight excluding hydrogens is 478 g/mol. The smallest absolute Gasteiger partial charge is 0.255 e. The molecule has 1 atom stereocenters. The number of hydrogen-bond acceptors (Lipinski definition) is 4. The number of rotatable bonds is 8. The zero-order valence-electron chi connectivity index (χ0n) is 23.6. The Kier molecular flexibility index (Phi) is 8.17. The van der Waals surface area contributed by atoms with Crippen LogP contribution in [0.1, 0.15) is 76.6 Å². The Bertz CT molecular complexity index is 1220. The molecule has 1 aliphatic heterocycles. The van der Waals surface area contributed by atoms with Crippen molar-refractivity contribution in [1.29, 1.82) is 0 Å². The summed E-state index contributed by atoms with van der Waals surface area (Å²) in [6.45, 7) is 8.77. The lowest BCUT2D eigenvalue weighted by Gasteiger charge is -2.50. The number of carbonyl (C=O) groups excluding carboxylic acids is 2. The molecule has 2 amide bonds. The van der Waals surface area contributed by atoms with Gasteiger partial charge in [-0.2, -0.15) is 0 Å². The number of aromatic nitrogens is 1. The van der Waals surface area contributed by atoms with E-state index in [4.69, 9.17) is 0 Å². The third-order valence-electron chi connectivity index (χ3n) is 8.95. The Hall–Kier alpha value is -2.93. The number of benzene rings is 1. The highest BCUT2D eigenvalue weighted by Gasteiger charge is 2.49. The highest BCUT2D eigenvalue weighted by Crippen LogP contribution is 2.40. The van der Waals surface area contributed by atoms with Gasteiger partial charge in [-0.15, -0.1) is 0 Å². The van der Waals surface area contributed by atoms with Crippen LogP contribution < -0.4 is 5.56 Å². The number of piperidine rings is 1. The standard InChI is InChI=1S/C31H43N3O4/c1-22(2)32(5)29(37)26-19-34(28(36)18-25(26)24-12-7-6-8-13-24)21-31(38)16-17-33(20-30(31,3)4)27(35)15-14-23-10-9-11-23/h6-8,12-13,18-19,22-23,38H,9-11,14-17,20-21H2,1-5H3/t31-/m1/s1. The maximum atomic E-state index is 13.5. The first kappa shape index (κ1) is 28.1. The van der Waals surface area contributed by atoms with Gasteiger partial charge < -0.3 is 19.5 Å². The molecule has 206 valence electrons. The van der Waals surface area contributed by atoms with E-state index in [0.29, 0.717) is 43.0 Å². The van der Waals surface area contributed by atoms with Crippen molar-refractivity contribution in [2.75, 3.05) is 20.1 Å². The van der Waals surface area contributed by atoms with E-state index in [1.54, 1.807) is 18.1 Å². The second kappa shape index (κ2) is 11.0. The molecule has 1 N–H and O–H groups in total. The fourth-order valence-electron chi connectivity index (χ4n) is 5.56. The van der Waals surface area contributed by atoms with E-state index in [1.165, 1.54) is 29.9 Å². The van der Waals surface area contributed by atoms with Crippen LogP contribution >= 0.6 is 0 Å². The van der Waals surface area contributed by atoms with Gasteiger partial charge in [-0.25, -0.2) is 0 Å². The molecule has 7 heteroatoms. The first-order valence-corrected chi connectivity index (χ1v) is 14.0. The Balaban J connectivity index is 1.60. The van der Waals surface area contributed by atoms with Crippen molar-refractivity contribution >= 4 is 11.8 Å². The number of pyridine rings is 1. The molecule has 4 rings (SSSR count). The second-order valence-electron chi connectivity index (χ2n) is 12.3. The van der Waals surface area contributed by atoms with Crippen molar-refractivity contribution in [3.63, 3.8) is 0 Å². The van der Waals surface area contributed by atoms with Gasteiger partial charge in [0.15, 0.2) is 0 Å². The van der Waals surface area contributed by atoms with Crippen LogP contribution in [0.3, 0.4) is 0 Å². The molecule has 0 spiro atoms. The molecular formula is C31H43N3O4. The summed E-state index contributed by atoms with van der Waals surface area (Å²) in [5, 5.41) is 11.9. The number of likely N-dealkylation sites (tertiary alicyclic amines) is 1. The average molecular weight is 522 g/mol. The number of aliphatic hydroxyl groups is 1. The van der Waals surface area contributed by atoms with E-state index in [-0.39, 0.29) is 30.0 Å². The zero-order chi connectivity index (χ0) is 27.7. The topological polar surface area (TPSA) is 82.8 Å². The Morgan fingerprint density at radius 3 is 2.42 bits per heavy atom. The molecule has 38 heavy (non-hydrogen) atoms. The Morgan fingerprint density at radius 1 is 1.16 bits per heavy atom. The summed E-state index contributed by atoms with van der Waals surface area (Å²) in [4.78, 5) is 43.3. The van der Waals surface area contributed by atoms with E-state index >= 15 is 0 Å². The maximum Gasteiger partial charge on any atom is 0.255 e. The predicted molar refractivity (Wildman–Crippen MR) is 150 cm³/mol. The molecule has 2 fully saturated rings. The highest BCUT2D eigenvalue weighted by atomic mass is 16.3. The van der Waals surface area contributed by atoms with Gasteiger partial charge in [0, 0.05) is 55.8 Å². The maximum absolute atomic E-state index is 13.5. The van der Waals surface area contributed by atoms with E-state index in [2.05, 4.69) is 0 Å². The fraction of sp³-hybridized carbons (Fsp3) is 0.581. The summed E-state index contributed by atoms with van der Waals surface area (Å²) >= 11 is 0. The average Bonchev–Trinajstić information content (AvgIpc) is 2.85. The fourth-order valence-corrected chi connectivity index (χ4v) is 5.56. The van der Waals surface area contributed by atoms with E-state index in [0.717, 1.165) is 12.0 Å². The minimum Gasteiger partial charge on any atom is -0.387 e. The van der Waals surface area contributed by atoms with E-state index in [9.17, 15) is 19.5 Å². The third kappa shape index (κ3) is 5.73. The van der Waals surface area contributed by atoms with Crippen molar-refractivity contribution < 1.29 is 14.7 Å². The molecule has 0 radical (unpaired) electrons. The Morgan fingerprint density at radius 2 is 1.84 bits per heavy atom. The van der Waals surface area contributed by atoms with Crippen LogP contribution in [0.5, 0.6) is 0 Å². The van der Waals surface area contributed by atoms with Crippen LogP contribution in [-0.2, 0) is 11.3 Å². The van der Waals surface area contributed by atoms with Gasteiger partial charge in [-0.1, -0.05) is 63.4 Å². The van der Waals surface area contributed by atoms with Crippen molar-refractivity contribution in [2.24, 2.45) is 11.3 Å². The molecule has 0 unspecified atom stereocenters. The van der Waals surface area contributed by atoms with Gasteiger partial charge in [0.1, 0.15) is 0 Å². The van der Waals surface area contributed by atoms with Gasteiger partial charge >= 0.3 is 0 Å². The summed E-state index contributed by atoms with van der Waals surface area (Å²) in [5.41, 5.74) is -0.297. The van der Waals surface area contributed by atoms with Crippen LogP contribution in [0.25, 0.3) is 11.1 Å². The van der Waals surface area contributed by atoms with Crippen molar-refractivity contribution in [1.82, 2.24) is 14.4 Å². The minimum absolute atomic E-state index is 0.0132. The molecule has 1 aromatic heterocycles. The molecule has 1 saturated carbocycles. The van der Waals surface area contributed by atoms with Gasteiger partial charge in [0.05, 0.1) is 17.7 Å². The Labute approximate surface area is 226 Å². The zero-order valence-corrected chi connectivity index (χ0v) is 23.6. The molecule has 1 saturated heterocycles. The first-order chi connectivity index (χ1) is 17.9. The van der Waals surface area contributed by atoms with Gasteiger partial charge in [-0.05, 0) is 38.2 Å². The summed E-state index contributed by atoms with van der Waals surface area (Å²) in [6, 6.07) is 10.9. The minimum atomic E-state index is -1.21. The summed E-state index contributed by atoms with van der Waals surface area (Å²) in [7, 11) is 1.76. The van der Waals surface area contributed by atoms with Crippen molar-refractivity contribution in [2.45, 2.75) is 84.4 Å². The SMILES string of the molecule is CC(C)N(C)C(=O)c1cn(C[C@]2(O)CCN(C(=O)CCC3CCC3)CC2(C)C)c(=O)cc1-c1ccccc1. The number of amides is 2. The van der Waals surface area contributed by atoms with Crippen molar-refractivity contribution in [3.05, 3.63) is 58.5 Å². The summed E-state index contributed by atoms with van der Waals surface area (Å²) in [5.74, 6) is 0.665. The predicted octanol–water partition coefficient (Wildman–Crippen LogP) is 4.57. The lowest BCUT2D eigenvalue weighted by atomic mass is 9.69. The second-order valence-corrected chi connectivity index (χ2v) is 12.3. The number of carbonyl (C=O) groups is 2. The third-order valence-corrected chi connectivity index (χ3v) is 8.95. The summed E-state index contributed by atoms with van der Waals surface area (Å²) < 4.78 is 1.48. The van der Waals surface area contributed by atoms with Gasteiger partial charge in [0.25, 0.3) is 11.5 Å². The van der Waals surface area contributed by atoms with Gasteiger partial charge in [0.2, 0.25) is 5.91 Å². The number of nitrogens with zero attached hydrogens (tertiary/aromatic N) is 3. The van der Waals surface area contributed by atoms with E-state index in [1.807, 2.05) is 62.9 Å². The molecule has 2 heterocycles. The monoisotopic (exact) mass is 521 g/mol. The molecule has 1 aliphatic carbocycles. The molecule has 2 aliphatic rings. The lowest BCUT2D eigenvalue weighted by Crippen LogP contribution is -2.60. The van der Waals surface area contributed by atoms with Gasteiger partial charge in [-0.3, -0.25) is 14.4 Å². The van der Waals surface area contributed by atoms with Crippen LogP contribution in [0.2, 0.25) is 0 Å². The number of hydrogen-bond donors (Lipinski definition) is 1. The first-order valence-electron chi connectivity index (χ1n) is 14.0. The van der Waals surface area contributed by atoms with Crippen LogP contribution in [0.4, 0.5) is 0 Å². The molecule has 2 aromatic rings. The quantitative estimate of drug-likeness (QED) is 0.552. The van der Waals surface area contributed by atoms with Crippen LogP contribution in [0.15, 0.2) is 47.4 Å².